The van der Waals surface area contributed by atoms with E-state index in [9.17, 15) is 0 Å². The third-order valence-corrected chi connectivity index (χ3v) is 3.52. The van der Waals surface area contributed by atoms with Crippen LogP contribution in [-0.4, -0.2) is 32.4 Å². The fraction of sp³-hybridized carbons (Fsp3) is 0.462. The Hall–Kier alpha value is -1.47. The van der Waals surface area contributed by atoms with Gasteiger partial charge in [-0.2, -0.15) is 0 Å². The monoisotopic (exact) mass is 339 g/mol. The molecule has 0 atom stereocenters. The Labute approximate surface area is 126 Å². The highest BCUT2D eigenvalue weighted by atomic mass is 79.9. The molecule has 1 aromatic carbocycles. The highest BCUT2D eigenvalue weighted by molar-refractivity contribution is 9.10. The summed E-state index contributed by atoms with van der Waals surface area (Å²) >= 11 is 3.50. The molecule has 1 aromatic heterocycles. The van der Waals surface area contributed by atoms with E-state index in [0.717, 1.165) is 10.0 Å². The van der Waals surface area contributed by atoms with Crippen molar-refractivity contribution >= 4 is 21.6 Å². The van der Waals surface area contributed by atoms with Crippen LogP contribution in [0, 0.1) is 0 Å². The lowest BCUT2D eigenvalue weighted by Crippen LogP contribution is -2.31. The zero-order valence-electron chi connectivity index (χ0n) is 11.8. The molecule has 2 rings (SSSR count). The van der Waals surface area contributed by atoms with Crippen molar-refractivity contribution in [3.63, 3.8) is 0 Å². The van der Waals surface area contributed by atoms with Gasteiger partial charge in [-0.15, -0.1) is 5.10 Å². The smallest absolute Gasteiger partial charge is 0.183 e. The Balaban J connectivity index is 2.36. The van der Waals surface area contributed by atoms with Gasteiger partial charge in [0.25, 0.3) is 0 Å². The number of aromatic nitrogens is 4. The van der Waals surface area contributed by atoms with Crippen molar-refractivity contribution in [2.45, 2.75) is 32.9 Å². The standard InChI is InChI=1S/C13H18BrN5O/c1-4-20-13(2,3)8-19-12(16-17-18-19)10-7-9(15)5-6-11(10)14/h5-7H,4,8,15H2,1-3H3. The van der Waals surface area contributed by atoms with E-state index in [1.165, 1.54) is 0 Å². The third kappa shape index (κ3) is 3.34. The first kappa shape index (κ1) is 14.9. The Kier molecular flexibility index (Phi) is 4.39. The predicted octanol–water partition coefficient (Wildman–Crippen LogP) is 2.50. The van der Waals surface area contributed by atoms with Crippen LogP contribution in [0.15, 0.2) is 22.7 Å². The number of nitrogens with two attached hydrogens (primary N) is 1. The maximum absolute atomic E-state index is 5.84. The molecule has 2 aromatic rings. The summed E-state index contributed by atoms with van der Waals surface area (Å²) in [6.45, 7) is 7.19. The number of nitrogens with zero attached hydrogens (tertiary/aromatic N) is 4. The minimum Gasteiger partial charge on any atom is -0.399 e. The summed E-state index contributed by atoms with van der Waals surface area (Å²) in [6, 6.07) is 5.56. The summed E-state index contributed by atoms with van der Waals surface area (Å²) in [6.07, 6.45) is 0. The molecule has 0 unspecified atom stereocenters. The average molecular weight is 340 g/mol. The summed E-state index contributed by atoms with van der Waals surface area (Å²) < 4.78 is 8.33. The summed E-state index contributed by atoms with van der Waals surface area (Å²) in [4.78, 5) is 0. The van der Waals surface area contributed by atoms with E-state index in [2.05, 4.69) is 31.5 Å². The molecule has 0 radical (unpaired) electrons. The van der Waals surface area contributed by atoms with Crippen LogP contribution in [-0.2, 0) is 11.3 Å². The molecule has 0 bridgehead atoms. The molecule has 0 saturated carbocycles. The molecule has 0 spiro atoms. The van der Waals surface area contributed by atoms with Crippen molar-refractivity contribution in [2.75, 3.05) is 12.3 Å². The fourth-order valence-corrected chi connectivity index (χ4v) is 2.44. The van der Waals surface area contributed by atoms with Gasteiger partial charge in [-0.1, -0.05) is 15.9 Å². The van der Waals surface area contributed by atoms with Crippen LogP contribution in [0.25, 0.3) is 11.4 Å². The number of hydrogen-bond donors (Lipinski definition) is 1. The zero-order chi connectivity index (χ0) is 14.8. The number of nitrogen functional groups attached to an aromatic ring is 1. The van der Waals surface area contributed by atoms with Crippen LogP contribution in [0.3, 0.4) is 0 Å². The molecule has 0 fully saturated rings. The highest BCUT2D eigenvalue weighted by Gasteiger charge is 2.22. The summed E-state index contributed by atoms with van der Waals surface area (Å²) in [5.41, 5.74) is 7.03. The van der Waals surface area contributed by atoms with Gasteiger partial charge in [-0.3, -0.25) is 0 Å². The quantitative estimate of drug-likeness (QED) is 0.846. The third-order valence-electron chi connectivity index (χ3n) is 2.83. The van der Waals surface area contributed by atoms with Crippen LogP contribution in [0.5, 0.6) is 0 Å². The normalized spacial score (nSPS) is 11.8. The topological polar surface area (TPSA) is 78.8 Å². The molecule has 0 amide bonds. The van der Waals surface area contributed by atoms with Crippen molar-refractivity contribution in [3.8, 4) is 11.4 Å². The van der Waals surface area contributed by atoms with E-state index in [1.807, 2.05) is 39.0 Å². The first-order valence-electron chi connectivity index (χ1n) is 6.38. The Morgan fingerprint density at radius 3 is 2.85 bits per heavy atom. The summed E-state index contributed by atoms with van der Waals surface area (Å²) in [7, 11) is 0. The number of halogens is 1. The predicted molar refractivity (Wildman–Crippen MR) is 81.1 cm³/mol. The SMILES string of the molecule is CCOC(C)(C)Cn1nnnc1-c1cc(N)ccc1Br. The maximum Gasteiger partial charge on any atom is 0.183 e. The maximum atomic E-state index is 5.84. The van der Waals surface area contributed by atoms with Gasteiger partial charge in [0, 0.05) is 22.3 Å². The molecule has 2 N–H and O–H groups in total. The first-order valence-corrected chi connectivity index (χ1v) is 7.18. The molecule has 0 aliphatic rings. The van der Waals surface area contributed by atoms with E-state index in [4.69, 9.17) is 10.5 Å². The molecule has 0 aliphatic carbocycles. The molecule has 0 saturated heterocycles. The van der Waals surface area contributed by atoms with Crippen LogP contribution in [0.1, 0.15) is 20.8 Å². The van der Waals surface area contributed by atoms with Gasteiger partial charge < -0.3 is 10.5 Å². The number of rotatable bonds is 5. The average Bonchev–Trinajstić information content (AvgIpc) is 2.79. The van der Waals surface area contributed by atoms with Crippen LogP contribution < -0.4 is 5.73 Å². The number of tetrazole rings is 1. The Morgan fingerprint density at radius 1 is 1.40 bits per heavy atom. The van der Waals surface area contributed by atoms with Gasteiger partial charge in [0.1, 0.15) is 0 Å². The fourth-order valence-electron chi connectivity index (χ4n) is 2.02. The van der Waals surface area contributed by atoms with Gasteiger partial charge in [-0.05, 0) is 49.4 Å². The van der Waals surface area contributed by atoms with Gasteiger partial charge in [0.15, 0.2) is 5.82 Å². The first-order chi connectivity index (χ1) is 9.43. The number of ether oxygens (including phenoxy) is 1. The van der Waals surface area contributed by atoms with Crippen LogP contribution in [0.2, 0.25) is 0 Å². The second kappa shape index (κ2) is 5.88. The minimum atomic E-state index is -0.342. The number of hydrogen-bond acceptors (Lipinski definition) is 5. The molecule has 108 valence electrons. The molecular formula is C13H18BrN5O. The van der Waals surface area contributed by atoms with Gasteiger partial charge in [0.2, 0.25) is 0 Å². The molecular weight excluding hydrogens is 322 g/mol. The van der Waals surface area contributed by atoms with E-state index in [0.29, 0.717) is 24.7 Å². The van der Waals surface area contributed by atoms with Gasteiger partial charge >= 0.3 is 0 Å². The molecule has 0 aliphatic heterocycles. The van der Waals surface area contributed by atoms with Crippen molar-refractivity contribution in [1.82, 2.24) is 20.2 Å². The minimum absolute atomic E-state index is 0.342. The molecule has 7 heteroatoms. The van der Waals surface area contributed by atoms with Crippen molar-refractivity contribution in [3.05, 3.63) is 22.7 Å². The van der Waals surface area contributed by atoms with E-state index in [1.54, 1.807) is 4.68 Å². The molecule has 6 nitrogen and oxygen atoms in total. The van der Waals surface area contributed by atoms with Crippen LogP contribution in [0.4, 0.5) is 5.69 Å². The second-order valence-electron chi connectivity index (χ2n) is 5.09. The van der Waals surface area contributed by atoms with E-state index in [-0.39, 0.29) is 5.60 Å². The van der Waals surface area contributed by atoms with Gasteiger partial charge in [0.05, 0.1) is 12.1 Å². The second-order valence-corrected chi connectivity index (χ2v) is 5.95. The van der Waals surface area contributed by atoms with Crippen molar-refractivity contribution in [2.24, 2.45) is 0 Å². The summed E-state index contributed by atoms with van der Waals surface area (Å²) in [5.74, 6) is 0.664. The van der Waals surface area contributed by atoms with Gasteiger partial charge in [-0.25, -0.2) is 4.68 Å². The summed E-state index contributed by atoms with van der Waals surface area (Å²) in [5, 5.41) is 11.9. The largest absolute Gasteiger partial charge is 0.399 e. The zero-order valence-corrected chi connectivity index (χ0v) is 13.4. The number of benzene rings is 1. The Morgan fingerprint density at radius 2 is 2.15 bits per heavy atom. The lowest BCUT2D eigenvalue weighted by atomic mass is 10.1. The van der Waals surface area contributed by atoms with E-state index < -0.39 is 0 Å². The van der Waals surface area contributed by atoms with E-state index >= 15 is 0 Å². The van der Waals surface area contributed by atoms with Crippen molar-refractivity contribution in [1.29, 1.82) is 0 Å². The molecule has 20 heavy (non-hydrogen) atoms. The molecule has 1 heterocycles. The highest BCUT2D eigenvalue weighted by Crippen LogP contribution is 2.29. The lowest BCUT2D eigenvalue weighted by molar-refractivity contribution is -0.0246. The number of anilines is 1. The lowest BCUT2D eigenvalue weighted by Gasteiger charge is -2.24. The Bertz CT molecular complexity index is 596. The van der Waals surface area contributed by atoms with Crippen molar-refractivity contribution < 1.29 is 4.74 Å². The van der Waals surface area contributed by atoms with Crippen LogP contribution >= 0.6 is 15.9 Å².